The molecule has 1 aromatic heterocycles. The summed E-state index contributed by atoms with van der Waals surface area (Å²) in [6.45, 7) is 3.73. The van der Waals surface area contributed by atoms with Crippen molar-refractivity contribution in [1.29, 1.82) is 0 Å². The zero-order valence-corrected chi connectivity index (χ0v) is 12.8. The second-order valence-electron chi connectivity index (χ2n) is 4.57. The van der Waals surface area contributed by atoms with Gasteiger partial charge in [-0.2, -0.15) is 0 Å². The van der Waals surface area contributed by atoms with E-state index in [1.54, 1.807) is 26.0 Å². The fourth-order valence-corrected chi connectivity index (χ4v) is 1.96. The lowest BCUT2D eigenvalue weighted by molar-refractivity contribution is 0.0511. The molecule has 0 saturated heterocycles. The number of hydrogen-bond acceptors (Lipinski definition) is 5. The highest BCUT2D eigenvalue weighted by Gasteiger charge is 2.17. The van der Waals surface area contributed by atoms with Crippen molar-refractivity contribution in [2.75, 3.05) is 13.2 Å². The molecule has 1 aromatic carbocycles. The molecule has 0 amide bonds. The van der Waals surface area contributed by atoms with E-state index in [4.69, 9.17) is 9.47 Å². The van der Waals surface area contributed by atoms with E-state index < -0.39 is 11.9 Å². The van der Waals surface area contributed by atoms with Gasteiger partial charge >= 0.3 is 11.9 Å². The van der Waals surface area contributed by atoms with Crippen LogP contribution in [0.15, 0.2) is 36.4 Å². The van der Waals surface area contributed by atoms with Gasteiger partial charge in [0.25, 0.3) is 0 Å². The van der Waals surface area contributed by atoms with E-state index in [0.29, 0.717) is 11.1 Å². The number of nitrogens with zero attached hydrogens (tertiary/aromatic N) is 1. The van der Waals surface area contributed by atoms with Crippen LogP contribution in [0.25, 0.3) is 11.1 Å². The average Bonchev–Trinajstić information content (AvgIpc) is 2.55. The highest BCUT2D eigenvalue weighted by atomic mass is 19.1. The molecule has 0 atom stereocenters. The molecular weight excluding hydrogens is 301 g/mol. The lowest BCUT2D eigenvalue weighted by Crippen LogP contribution is -2.13. The topological polar surface area (TPSA) is 65.5 Å². The molecule has 0 bridgehead atoms. The molecular formula is C17H16FNO4. The van der Waals surface area contributed by atoms with Crippen LogP contribution in [0.1, 0.15) is 34.8 Å². The molecule has 0 saturated carbocycles. The monoisotopic (exact) mass is 317 g/mol. The zero-order valence-electron chi connectivity index (χ0n) is 12.8. The standard InChI is InChI=1S/C17H16FNO4/c1-3-22-16(20)14-9-12(11-5-7-13(18)8-6-11)10-15(19-14)17(21)23-4-2/h5-10H,3-4H2,1-2H3. The summed E-state index contributed by atoms with van der Waals surface area (Å²) in [6.07, 6.45) is 0. The highest BCUT2D eigenvalue weighted by molar-refractivity contribution is 5.94. The van der Waals surface area contributed by atoms with E-state index in [2.05, 4.69) is 4.98 Å². The predicted octanol–water partition coefficient (Wildman–Crippen LogP) is 3.24. The van der Waals surface area contributed by atoms with Gasteiger partial charge in [0.1, 0.15) is 17.2 Å². The maximum absolute atomic E-state index is 13.1. The van der Waals surface area contributed by atoms with Gasteiger partial charge in [-0.25, -0.2) is 19.0 Å². The summed E-state index contributed by atoms with van der Waals surface area (Å²) in [5.41, 5.74) is 1.18. The Labute approximate surface area is 133 Å². The Balaban J connectivity index is 2.50. The van der Waals surface area contributed by atoms with Gasteiger partial charge in [0, 0.05) is 0 Å². The summed E-state index contributed by atoms with van der Waals surface area (Å²) >= 11 is 0. The molecule has 0 N–H and O–H groups in total. The van der Waals surface area contributed by atoms with Crippen molar-refractivity contribution in [3.8, 4) is 11.1 Å². The number of carbonyl (C=O) groups excluding carboxylic acids is 2. The molecule has 0 spiro atoms. The molecule has 0 aliphatic rings. The van der Waals surface area contributed by atoms with Crippen LogP contribution in [0, 0.1) is 5.82 Å². The third-order valence-corrected chi connectivity index (χ3v) is 2.97. The molecule has 2 aromatic rings. The SMILES string of the molecule is CCOC(=O)c1cc(-c2ccc(F)cc2)cc(C(=O)OCC)n1. The van der Waals surface area contributed by atoms with Gasteiger partial charge in [-0.3, -0.25) is 0 Å². The molecule has 0 radical (unpaired) electrons. The van der Waals surface area contributed by atoms with Crippen molar-refractivity contribution in [3.05, 3.63) is 53.6 Å². The summed E-state index contributed by atoms with van der Waals surface area (Å²) in [5.74, 6) is -1.65. The first-order valence-corrected chi connectivity index (χ1v) is 7.17. The van der Waals surface area contributed by atoms with E-state index in [1.165, 1.54) is 24.3 Å². The van der Waals surface area contributed by atoms with E-state index >= 15 is 0 Å². The van der Waals surface area contributed by atoms with Gasteiger partial charge in [-0.15, -0.1) is 0 Å². The number of esters is 2. The first kappa shape index (κ1) is 16.6. The number of benzene rings is 1. The van der Waals surface area contributed by atoms with Crippen LogP contribution >= 0.6 is 0 Å². The summed E-state index contributed by atoms with van der Waals surface area (Å²) in [6, 6.07) is 8.68. The summed E-state index contributed by atoms with van der Waals surface area (Å²) in [4.78, 5) is 27.8. The molecule has 6 heteroatoms. The molecule has 0 aliphatic carbocycles. The molecule has 23 heavy (non-hydrogen) atoms. The fourth-order valence-electron chi connectivity index (χ4n) is 1.96. The zero-order chi connectivity index (χ0) is 16.8. The van der Waals surface area contributed by atoms with Gasteiger partial charge in [-0.1, -0.05) is 12.1 Å². The predicted molar refractivity (Wildman–Crippen MR) is 81.5 cm³/mol. The van der Waals surface area contributed by atoms with Crippen LogP contribution < -0.4 is 0 Å². The average molecular weight is 317 g/mol. The van der Waals surface area contributed by atoms with Crippen molar-refractivity contribution >= 4 is 11.9 Å². The Morgan fingerprint density at radius 1 is 0.913 bits per heavy atom. The minimum atomic E-state index is -0.637. The molecule has 0 unspecified atom stereocenters. The molecule has 2 rings (SSSR count). The van der Waals surface area contributed by atoms with Crippen LogP contribution in [-0.2, 0) is 9.47 Å². The number of hydrogen-bond donors (Lipinski definition) is 0. The van der Waals surface area contributed by atoms with Crippen molar-refractivity contribution in [1.82, 2.24) is 4.98 Å². The molecule has 0 aliphatic heterocycles. The smallest absolute Gasteiger partial charge is 0.356 e. The van der Waals surface area contributed by atoms with Crippen LogP contribution in [0.3, 0.4) is 0 Å². The number of pyridine rings is 1. The van der Waals surface area contributed by atoms with Crippen molar-refractivity contribution < 1.29 is 23.5 Å². The lowest BCUT2D eigenvalue weighted by Gasteiger charge is -2.08. The van der Waals surface area contributed by atoms with Gasteiger partial charge in [0.15, 0.2) is 0 Å². The number of rotatable bonds is 5. The van der Waals surface area contributed by atoms with Crippen LogP contribution in [0.2, 0.25) is 0 Å². The number of aromatic nitrogens is 1. The lowest BCUT2D eigenvalue weighted by atomic mass is 10.0. The van der Waals surface area contributed by atoms with Gasteiger partial charge in [-0.05, 0) is 49.2 Å². The number of halogens is 1. The largest absolute Gasteiger partial charge is 0.461 e. The van der Waals surface area contributed by atoms with Gasteiger partial charge < -0.3 is 9.47 Å². The van der Waals surface area contributed by atoms with Crippen LogP contribution in [0.5, 0.6) is 0 Å². The Morgan fingerprint density at radius 3 is 1.83 bits per heavy atom. The van der Waals surface area contributed by atoms with E-state index in [1.807, 2.05) is 0 Å². The number of carbonyl (C=O) groups is 2. The van der Waals surface area contributed by atoms with Crippen LogP contribution in [0.4, 0.5) is 4.39 Å². The minimum Gasteiger partial charge on any atom is -0.461 e. The van der Waals surface area contributed by atoms with Crippen molar-refractivity contribution in [2.24, 2.45) is 0 Å². The minimum absolute atomic E-state index is 0.00303. The van der Waals surface area contributed by atoms with E-state index in [9.17, 15) is 14.0 Å². The summed E-state index contributed by atoms with van der Waals surface area (Å²) < 4.78 is 22.9. The van der Waals surface area contributed by atoms with Crippen molar-refractivity contribution in [3.63, 3.8) is 0 Å². The molecule has 120 valence electrons. The first-order chi connectivity index (χ1) is 11.0. The third kappa shape index (κ3) is 4.12. The quantitative estimate of drug-likeness (QED) is 0.792. The van der Waals surface area contributed by atoms with E-state index in [-0.39, 0.29) is 30.4 Å². The summed E-state index contributed by atoms with van der Waals surface area (Å²) in [5, 5.41) is 0. The number of ether oxygens (including phenoxy) is 2. The maximum Gasteiger partial charge on any atom is 0.356 e. The third-order valence-electron chi connectivity index (χ3n) is 2.97. The van der Waals surface area contributed by atoms with Crippen molar-refractivity contribution in [2.45, 2.75) is 13.8 Å². The molecule has 1 heterocycles. The Morgan fingerprint density at radius 2 is 1.39 bits per heavy atom. The summed E-state index contributed by atoms with van der Waals surface area (Å²) in [7, 11) is 0. The molecule has 0 fully saturated rings. The highest BCUT2D eigenvalue weighted by Crippen LogP contribution is 2.22. The fraction of sp³-hybridized carbons (Fsp3) is 0.235. The maximum atomic E-state index is 13.1. The van der Waals surface area contributed by atoms with Crippen LogP contribution in [-0.4, -0.2) is 30.1 Å². The van der Waals surface area contributed by atoms with Gasteiger partial charge in [0.2, 0.25) is 0 Å². The Kier molecular flexibility index (Phi) is 5.41. The second-order valence-corrected chi connectivity index (χ2v) is 4.57. The molecule has 5 nitrogen and oxygen atoms in total. The van der Waals surface area contributed by atoms with Gasteiger partial charge in [0.05, 0.1) is 13.2 Å². The normalized spacial score (nSPS) is 10.2. The Bertz CT molecular complexity index is 677. The first-order valence-electron chi connectivity index (χ1n) is 7.17. The second kappa shape index (κ2) is 7.49. The Hall–Kier alpha value is -2.76. The van der Waals surface area contributed by atoms with E-state index in [0.717, 1.165) is 0 Å².